The van der Waals surface area contributed by atoms with Crippen LogP contribution in [0.2, 0.25) is 0 Å². The second-order valence-corrected chi connectivity index (χ2v) is 11.3. The predicted molar refractivity (Wildman–Crippen MR) is 179 cm³/mol. The first kappa shape index (κ1) is 31.2. The molecule has 0 nitrogen and oxygen atoms in total. The molecule has 40 heavy (non-hydrogen) atoms. The van der Waals surface area contributed by atoms with E-state index in [2.05, 4.69) is 132 Å². The molecule has 0 saturated carbocycles. The molecular formula is C40H50. The van der Waals surface area contributed by atoms with E-state index in [1.165, 1.54) is 40.7 Å². The van der Waals surface area contributed by atoms with Crippen LogP contribution in [0.1, 0.15) is 90.0 Å². The Kier molecular flexibility index (Phi) is 11.6. The summed E-state index contributed by atoms with van der Waals surface area (Å²) >= 11 is 0. The van der Waals surface area contributed by atoms with Crippen molar-refractivity contribution < 1.29 is 0 Å². The van der Waals surface area contributed by atoms with Crippen LogP contribution in [0.15, 0.2) is 121 Å². The summed E-state index contributed by atoms with van der Waals surface area (Å²) in [5.74, 6) is 1.18. The van der Waals surface area contributed by atoms with Gasteiger partial charge in [0, 0.05) is 11.3 Å². The predicted octanol–water partition coefficient (Wildman–Crippen LogP) is 11.6. The molecule has 0 radical (unpaired) electrons. The van der Waals surface area contributed by atoms with Gasteiger partial charge in [-0.25, -0.2) is 0 Å². The average Bonchev–Trinajstić information content (AvgIpc) is 3.22. The Labute approximate surface area is 245 Å². The van der Waals surface area contributed by atoms with E-state index in [1.807, 2.05) is 19.9 Å². The van der Waals surface area contributed by atoms with E-state index in [1.54, 1.807) is 22.8 Å². The molecule has 0 spiro atoms. The number of allylic oxidation sites excluding steroid dienone is 13. The molecule has 3 aliphatic carbocycles. The van der Waals surface area contributed by atoms with Gasteiger partial charge in [0.25, 0.3) is 0 Å². The first-order valence-electron chi connectivity index (χ1n) is 15.3. The fraction of sp³-hybridized carbons (Fsp3) is 0.350. The van der Waals surface area contributed by atoms with Gasteiger partial charge in [-0.05, 0) is 71.1 Å². The zero-order valence-corrected chi connectivity index (χ0v) is 26.0. The van der Waals surface area contributed by atoms with Gasteiger partial charge >= 0.3 is 0 Å². The molecule has 0 aromatic heterocycles. The fourth-order valence-corrected chi connectivity index (χ4v) is 6.15. The van der Waals surface area contributed by atoms with Crippen molar-refractivity contribution in [2.45, 2.75) is 79.6 Å². The standard InChI is InChI=1S/C22H24.C16H20.C2H6/c1-15-13-18(16-9-5-4-6-10-16)21-17-11-7-8-12-19(17)22(2,3)20(21)14-15;1-4-7-9-15(6-3)16-12-10-14(8-5-2)11-13-16;1-2/h4-9,11-13,15-16H,10,14H2,1-3H3;4,6-7,9-13H,1,5,8H2,2-3H3;1-2H3/b;9-7-,15-6+;. The molecule has 0 bridgehead atoms. The molecule has 0 heteroatoms. The molecule has 2 unspecified atom stereocenters. The summed E-state index contributed by atoms with van der Waals surface area (Å²) in [6.07, 6.45) is 24.3. The lowest BCUT2D eigenvalue weighted by Crippen LogP contribution is -2.20. The molecular weight excluding hydrogens is 480 g/mol. The van der Waals surface area contributed by atoms with Crippen LogP contribution in [0.3, 0.4) is 0 Å². The van der Waals surface area contributed by atoms with Gasteiger partial charge < -0.3 is 0 Å². The molecule has 3 aliphatic rings. The minimum atomic E-state index is 0.175. The Morgan fingerprint density at radius 2 is 1.75 bits per heavy atom. The Morgan fingerprint density at radius 1 is 1.02 bits per heavy atom. The van der Waals surface area contributed by atoms with E-state index in [0.717, 1.165) is 12.8 Å². The summed E-state index contributed by atoms with van der Waals surface area (Å²) in [4.78, 5) is 0. The number of fused-ring (bicyclic) bond motifs is 2. The SMILES string of the molecule is C=C/C=C\C(=C/C)c1ccc(CCC)cc1.CC.CC1C=C(C2C=CC=CC2)C2=C(C1)C(C)(C)c1ccccc12. The van der Waals surface area contributed by atoms with E-state index in [0.29, 0.717) is 11.8 Å². The normalized spacial score (nSPS) is 20.6. The van der Waals surface area contributed by atoms with Crippen molar-refractivity contribution in [1.29, 1.82) is 0 Å². The largest absolute Gasteiger partial charge is 0.0991 e. The van der Waals surface area contributed by atoms with Crippen LogP contribution in [0.5, 0.6) is 0 Å². The number of hydrogen-bond donors (Lipinski definition) is 0. The summed E-state index contributed by atoms with van der Waals surface area (Å²) in [7, 11) is 0. The topological polar surface area (TPSA) is 0 Å². The lowest BCUT2D eigenvalue weighted by atomic mass is 9.73. The van der Waals surface area contributed by atoms with Crippen molar-refractivity contribution in [3.63, 3.8) is 0 Å². The highest BCUT2D eigenvalue weighted by molar-refractivity contribution is 5.91. The maximum Gasteiger partial charge on any atom is 0.0121 e. The molecule has 2 aromatic rings. The highest BCUT2D eigenvalue weighted by Gasteiger charge is 2.41. The van der Waals surface area contributed by atoms with Gasteiger partial charge in [0.05, 0.1) is 0 Å². The van der Waals surface area contributed by atoms with Crippen molar-refractivity contribution in [1.82, 2.24) is 0 Å². The number of rotatable bonds is 6. The molecule has 2 aromatic carbocycles. The smallest absolute Gasteiger partial charge is 0.0121 e. The third-order valence-corrected chi connectivity index (χ3v) is 8.13. The second-order valence-electron chi connectivity index (χ2n) is 11.3. The van der Waals surface area contributed by atoms with Crippen LogP contribution in [0, 0.1) is 11.8 Å². The highest BCUT2D eigenvalue weighted by Crippen LogP contribution is 2.54. The minimum absolute atomic E-state index is 0.175. The fourth-order valence-electron chi connectivity index (χ4n) is 6.15. The van der Waals surface area contributed by atoms with E-state index in [4.69, 9.17) is 0 Å². The van der Waals surface area contributed by atoms with Crippen LogP contribution < -0.4 is 0 Å². The Balaban J connectivity index is 0.000000219. The summed E-state index contributed by atoms with van der Waals surface area (Å²) in [6, 6.07) is 17.8. The summed E-state index contributed by atoms with van der Waals surface area (Å²) in [5, 5.41) is 0. The third kappa shape index (κ3) is 7.03. The number of benzene rings is 2. The maximum absolute atomic E-state index is 3.69. The molecule has 0 aliphatic heterocycles. The average molecular weight is 531 g/mol. The van der Waals surface area contributed by atoms with Crippen LogP contribution in [-0.4, -0.2) is 0 Å². The first-order valence-corrected chi connectivity index (χ1v) is 15.3. The summed E-state index contributed by atoms with van der Waals surface area (Å²) < 4.78 is 0. The monoisotopic (exact) mass is 530 g/mol. The zero-order chi connectivity index (χ0) is 29.1. The van der Waals surface area contributed by atoms with Crippen molar-refractivity contribution in [2.75, 3.05) is 0 Å². The van der Waals surface area contributed by atoms with Crippen molar-refractivity contribution in [2.24, 2.45) is 11.8 Å². The third-order valence-electron chi connectivity index (χ3n) is 8.13. The lowest BCUT2D eigenvalue weighted by Gasteiger charge is -2.31. The van der Waals surface area contributed by atoms with Crippen molar-refractivity contribution >= 4 is 11.1 Å². The Hall–Kier alpha value is -3.38. The van der Waals surface area contributed by atoms with Crippen LogP contribution in [-0.2, 0) is 11.8 Å². The van der Waals surface area contributed by atoms with Gasteiger partial charge in [0.1, 0.15) is 0 Å². The Bertz CT molecular complexity index is 1310. The van der Waals surface area contributed by atoms with Gasteiger partial charge in [-0.1, -0.05) is 163 Å². The molecule has 0 amide bonds. The summed E-state index contributed by atoms with van der Waals surface area (Å²) in [5.41, 5.74) is 11.8. The van der Waals surface area contributed by atoms with Gasteiger partial charge in [0.2, 0.25) is 0 Å². The molecule has 0 N–H and O–H groups in total. The van der Waals surface area contributed by atoms with Crippen LogP contribution in [0.25, 0.3) is 11.1 Å². The van der Waals surface area contributed by atoms with Gasteiger partial charge in [-0.3, -0.25) is 0 Å². The van der Waals surface area contributed by atoms with Gasteiger partial charge in [-0.2, -0.15) is 0 Å². The van der Waals surface area contributed by atoms with E-state index < -0.39 is 0 Å². The van der Waals surface area contributed by atoms with E-state index in [9.17, 15) is 0 Å². The maximum atomic E-state index is 3.69. The highest BCUT2D eigenvalue weighted by atomic mass is 14.4. The molecule has 0 saturated heterocycles. The molecule has 0 heterocycles. The number of aryl methyl sites for hydroxylation is 1. The van der Waals surface area contributed by atoms with Gasteiger partial charge in [0.15, 0.2) is 0 Å². The minimum Gasteiger partial charge on any atom is -0.0991 e. The summed E-state index contributed by atoms with van der Waals surface area (Å²) in [6.45, 7) is 19.1. The lowest BCUT2D eigenvalue weighted by molar-refractivity contribution is 0.559. The zero-order valence-electron chi connectivity index (χ0n) is 26.0. The second kappa shape index (κ2) is 14.8. The molecule has 5 rings (SSSR count). The van der Waals surface area contributed by atoms with Gasteiger partial charge in [-0.15, -0.1) is 0 Å². The number of hydrogen-bond acceptors (Lipinski definition) is 0. The molecule has 210 valence electrons. The Morgan fingerprint density at radius 3 is 2.38 bits per heavy atom. The van der Waals surface area contributed by atoms with Crippen molar-refractivity contribution in [3.05, 3.63) is 143 Å². The molecule has 2 atom stereocenters. The van der Waals surface area contributed by atoms with Crippen LogP contribution in [0.4, 0.5) is 0 Å². The van der Waals surface area contributed by atoms with E-state index in [-0.39, 0.29) is 5.41 Å². The van der Waals surface area contributed by atoms with Crippen LogP contribution >= 0.6 is 0 Å². The van der Waals surface area contributed by atoms with Crippen molar-refractivity contribution in [3.8, 4) is 0 Å². The molecule has 0 fully saturated rings. The van der Waals surface area contributed by atoms with E-state index >= 15 is 0 Å². The quantitative estimate of drug-likeness (QED) is 0.326. The first-order chi connectivity index (χ1) is 19.4.